The van der Waals surface area contributed by atoms with E-state index in [0.29, 0.717) is 11.3 Å². The van der Waals surface area contributed by atoms with Crippen molar-refractivity contribution in [2.24, 2.45) is 5.92 Å². The standard InChI is InChI=1S/C16H22N2O6S/c1-11(2)9-25(23,24)10-14(19)18-13-5-3-12(4-6-13)16(22)17-8-7-15(20)21/h3-6,11H,7-10H2,1-2H3,(H,17,22)(H,18,19)(H,20,21). The van der Waals surface area contributed by atoms with Gasteiger partial charge in [0.15, 0.2) is 9.84 Å². The van der Waals surface area contributed by atoms with Gasteiger partial charge in [0.2, 0.25) is 5.91 Å². The molecule has 0 bridgehead atoms. The van der Waals surface area contributed by atoms with Crippen LogP contribution in [-0.2, 0) is 19.4 Å². The highest BCUT2D eigenvalue weighted by Gasteiger charge is 2.18. The summed E-state index contributed by atoms with van der Waals surface area (Å²) in [5.41, 5.74) is 0.669. The summed E-state index contributed by atoms with van der Waals surface area (Å²) in [4.78, 5) is 34.0. The molecular formula is C16H22N2O6S. The Morgan fingerprint density at radius 2 is 1.72 bits per heavy atom. The van der Waals surface area contributed by atoms with E-state index in [1.807, 2.05) is 0 Å². The molecule has 9 heteroatoms. The molecule has 0 atom stereocenters. The number of benzene rings is 1. The van der Waals surface area contributed by atoms with E-state index in [1.54, 1.807) is 13.8 Å². The smallest absolute Gasteiger partial charge is 0.305 e. The van der Waals surface area contributed by atoms with Crippen LogP contribution in [0.1, 0.15) is 30.6 Å². The van der Waals surface area contributed by atoms with E-state index >= 15 is 0 Å². The molecule has 0 spiro atoms. The lowest BCUT2D eigenvalue weighted by molar-refractivity contribution is -0.136. The van der Waals surface area contributed by atoms with Crippen molar-refractivity contribution in [2.45, 2.75) is 20.3 Å². The van der Waals surface area contributed by atoms with Gasteiger partial charge < -0.3 is 15.7 Å². The molecule has 0 fully saturated rings. The van der Waals surface area contributed by atoms with Crippen molar-refractivity contribution in [1.82, 2.24) is 5.32 Å². The number of aliphatic carboxylic acids is 1. The quantitative estimate of drug-likeness (QED) is 0.592. The van der Waals surface area contributed by atoms with Gasteiger partial charge in [-0.3, -0.25) is 14.4 Å². The number of carbonyl (C=O) groups is 3. The third-order valence-corrected chi connectivity index (χ3v) is 4.87. The first kappa shape index (κ1) is 20.6. The van der Waals surface area contributed by atoms with Gasteiger partial charge >= 0.3 is 5.97 Å². The van der Waals surface area contributed by atoms with Gasteiger partial charge in [0.05, 0.1) is 12.2 Å². The topological polar surface area (TPSA) is 130 Å². The molecule has 0 radical (unpaired) electrons. The number of hydrogen-bond acceptors (Lipinski definition) is 5. The van der Waals surface area contributed by atoms with E-state index in [1.165, 1.54) is 24.3 Å². The molecule has 1 aromatic rings. The van der Waals surface area contributed by atoms with Gasteiger partial charge in [0, 0.05) is 17.8 Å². The summed E-state index contributed by atoms with van der Waals surface area (Å²) in [7, 11) is -3.46. The van der Waals surface area contributed by atoms with Crippen LogP contribution in [0.25, 0.3) is 0 Å². The van der Waals surface area contributed by atoms with E-state index < -0.39 is 33.4 Å². The molecule has 0 aliphatic heterocycles. The summed E-state index contributed by atoms with van der Waals surface area (Å²) >= 11 is 0. The first-order valence-electron chi connectivity index (χ1n) is 7.69. The normalized spacial score (nSPS) is 11.2. The zero-order valence-electron chi connectivity index (χ0n) is 14.1. The van der Waals surface area contributed by atoms with Crippen LogP contribution in [-0.4, -0.2) is 49.4 Å². The van der Waals surface area contributed by atoms with Crippen molar-refractivity contribution in [3.05, 3.63) is 29.8 Å². The SMILES string of the molecule is CC(C)CS(=O)(=O)CC(=O)Nc1ccc(C(=O)NCCC(=O)O)cc1. The van der Waals surface area contributed by atoms with E-state index in [-0.39, 0.29) is 24.6 Å². The molecule has 25 heavy (non-hydrogen) atoms. The van der Waals surface area contributed by atoms with E-state index in [0.717, 1.165) is 0 Å². The van der Waals surface area contributed by atoms with E-state index in [2.05, 4.69) is 10.6 Å². The van der Waals surface area contributed by atoms with Crippen LogP contribution in [0, 0.1) is 5.92 Å². The zero-order chi connectivity index (χ0) is 19.0. The maximum absolute atomic E-state index is 11.8. The lowest BCUT2D eigenvalue weighted by Gasteiger charge is -2.09. The van der Waals surface area contributed by atoms with Crippen molar-refractivity contribution in [3.8, 4) is 0 Å². The maximum atomic E-state index is 11.8. The average molecular weight is 370 g/mol. The Morgan fingerprint density at radius 3 is 2.24 bits per heavy atom. The molecule has 3 N–H and O–H groups in total. The molecule has 2 amide bonds. The Hall–Kier alpha value is -2.42. The molecule has 8 nitrogen and oxygen atoms in total. The maximum Gasteiger partial charge on any atom is 0.305 e. The molecule has 1 rings (SSSR count). The highest BCUT2D eigenvalue weighted by molar-refractivity contribution is 7.92. The first-order valence-corrected chi connectivity index (χ1v) is 9.51. The molecule has 0 saturated heterocycles. The van der Waals surface area contributed by atoms with Gasteiger partial charge in [-0.25, -0.2) is 8.42 Å². The fourth-order valence-electron chi connectivity index (χ4n) is 2.05. The Kier molecular flexibility index (Phi) is 7.56. The highest BCUT2D eigenvalue weighted by Crippen LogP contribution is 2.10. The van der Waals surface area contributed by atoms with Crippen molar-refractivity contribution in [3.63, 3.8) is 0 Å². The Balaban J connectivity index is 2.57. The molecular weight excluding hydrogens is 348 g/mol. The van der Waals surface area contributed by atoms with Crippen molar-refractivity contribution < 1.29 is 27.9 Å². The molecule has 0 heterocycles. The number of rotatable bonds is 9. The van der Waals surface area contributed by atoms with Crippen LogP contribution in [0.5, 0.6) is 0 Å². The molecule has 0 saturated carbocycles. The highest BCUT2D eigenvalue weighted by atomic mass is 32.2. The summed E-state index contributed by atoms with van der Waals surface area (Å²) in [5, 5.41) is 13.4. The minimum absolute atomic E-state index is 0.0143. The summed E-state index contributed by atoms with van der Waals surface area (Å²) in [6, 6.07) is 5.85. The lowest BCUT2D eigenvalue weighted by Crippen LogP contribution is -2.27. The van der Waals surface area contributed by atoms with Gasteiger partial charge in [-0.15, -0.1) is 0 Å². The predicted octanol–water partition coefficient (Wildman–Crippen LogP) is 0.900. The van der Waals surface area contributed by atoms with Crippen molar-refractivity contribution >= 4 is 33.3 Å². The number of carboxylic acid groups (broad SMARTS) is 1. The van der Waals surface area contributed by atoms with Gasteiger partial charge in [-0.1, -0.05) is 13.8 Å². The monoisotopic (exact) mass is 370 g/mol. The van der Waals surface area contributed by atoms with E-state index in [9.17, 15) is 22.8 Å². The minimum Gasteiger partial charge on any atom is -0.481 e. The van der Waals surface area contributed by atoms with Gasteiger partial charge in [-0.2, -0.15) is 0 Å². The fraction of sp³-hybridized carbons (Fsp3) is 0.438. The number of hydrogen-bond donors (Lipinski definition) is 3. The number of sulfone groups is 1. The van der Waals surface area contributed by atoms with Gasteiger partial charge in [-0.05, 0) is 30.2 Å². The molecule has 0 aliphatic carbocycles. The lowest BCUT2D eigenvalue weighted by atomic mass is 10.2. The van der Waals surface area contributed by atoms with Crippen molar-refractivity contribution in [1.29, 1.82) is 0 Å². The second-order valence-corrected chi connectivity index (χ2v) is 8.08. The van der Waals surface area contributed by atoms with Gasteiger partial charge in [0.1, 0.15) is 5.75 Å². The van der Waals surface area contributed by atoms with Crippen LogP contribution in [0.2, 0.25) is 0 Å². The Morgan fingerprint density at radius 1 is 1.12 bits per heavy atom. The first-order chi connectivity index (χ1) is 11.6. The number of nitrogens with one attached hydrogen (secondary N) is 2. The van der Waals surface area contributed by atoms with Crippen LogP contribution in [0.15, 0.2) is 24.3 Å². The molecule has 0 aliphatic rings. The summed E-state index contributed by atoms with van der Waals surface area (Å²) < 4.78 is 23.6. The second kappa shape index (κ2) is 9.16. The largest absolute Gasteiger partial charge is 0.481 e. The summed E-state index contributed by atoms with van der Waals surface area (Å²) in [5.74, 6) is -2.79. The van der Waals surface area contributed by atoms with Crippen LogP contribution >= 0.6 is 0 Å². The second-order valence-electron chi connectivity index (χ2n) is 5.97. The third-order valence-electron chi connectivity index (χ3n) is 2.99. The van der Waals surface area contributed by atoms with Crippen molar-refractivity contribution in [2.75, 3.05) is 23.4 Å². The summed E-state index contributed by atoms with van der Waals surface area (Å²) in [6.07, 6.45) is -0.176. The number of carbonyl (C=O) groups excluding carboxylic acids is 2. The fourth-order valence-corrected chi connectivity index (χ4v) is 3.66. The Bertz CT molecular complexity index is 725. The average Bonchev–Trinajstić information content (AvgIpc) is 2.45. The predicted molar refractivity (Wildman–Crippen MR) is 93.1 cm³/mol. The third kappa shape index (κ3) is 8.30. The molecule has 0 unspecified atom stereocenters. The Labute approximate surface area is 146 Å². The molecule has 0 aromatic heterocycles. The van der Waals surface area contributed by atoms with Crippen LogP contribution in [0.3, 0.4) is 0 Å². The molecule has 138 valence electrons. The van der Waals surface area contributed by atoms with Crippen LogP contribution < -0.4 is 10.6 Å². The number of amides is 2. The number of anilines is 1. The number of carboxylic acids is 1. The van der Waals surface area contributed by atoms with Gasteiger partial charge in [0.25, 0.3) is 5.91 Å². The van der Waals surface area contributed by atoms with E-state index in [4.69, 9.17) is 5.11 Å². The minimum atomic E-state index is -3.46. The van der Waals surface area contributed by atoms with Crippen LogP contribution in [0.4, 0.5) is 5.69 Å². The molecule has 1 aromatic carbocycles. The summed E-state index contributed by atoms with van der Waals surface area (Å²) in [6.45, 7) is 3.53. The zero-order valence-corrected chi connectivity index (χ0v) is 14.9.